The van der Waals surface area contributed by atoms with E-state index in [9.17, 15) is 19.2 Å². The molecular weight excluding hydrogens is 504 g/mol. The average Bonchev–Trinajstić information content (AvgIpc) is 2.88. The molecule has 3 N–H and O–H groups in total. The SMILES string of the molecule is COC(=O)Cc1c([C@H](Cc2ccccc2)NC(=O)OC(C)(C)C)n[nH]c(=O)c1-c1ccc(NC(=O)OC)cc1. The summed E-state index contributed by atoms with van der Waals surface area (Å²) in [5.74, 6) is -0.593. The van der Waals surface area contributed by atoms with Gasteiger partial charge >= 0.3 is 18.2 Å². The van der Waals surface area contributed by atoms with Gasteiger partial charge < -0.3 is 19.5 Å². The van der Waals surface area contributed by atoms with Gasteiger partial charge in [-0.1, -0.05) is 42.5 Å². The van der Waals surface area contributed by atoms with E-state index in [2.05, 4.69) is 25.6 Å². The summed E-state index contributed by atoms with van der Waals surface area (Å²) >= 11 is 0. The van der Waals surface area contributed by atoms with Crippen LogP contribution in [0.5, 0.6) is 0 Å². The number of carbonyl (C=O) groups is 3. The lowest BCUT2D eigenvalue weighted by atomic mass is 9.92. The molecule has 11 nitrogen and oxygen atoms in total. The van der Waals surface area contributed by atoms with Gasteiger partial charge in [0.15, 0.2) is 0 Å². The second kappa shape index (κ2) is 12.7. The van der Waals surface area contributed by atoms with Gasteiger partial charge in [-0.2, -0.15) is 5.10 Å². The number of carbonyl (C=O) groups excluding carboxylic acids is 3. The summed E-state index contributed by atoms with van der Waals surface area (Å²) in [6, 6.07) is 15.0. The standard InChI is InChI=1S/C28H32N4O7/c1-28(2,3)39-27(36)30-21(15-17-9-7-6-8-10-17)24-20(16-22(33)37-4)23(25(34)32-31-24)18-11-13-19(14-12-18)29-26(35)38-5/h6-14,21H,15-16H2,1-5H3,(H,29,35)(H,30,36)(H,32,34)/t21-/m0/s1. The van der Waals surface area contributed by atoms with Gasteiger partial charge in [-0.25, -0.2) is 14.7 Å². The Labute approximate surface area is 225 Å². The fourth-order valence-electron chi connectivity index (χ4n) is 3.89. The molecule has 11 heteroatoms. The molecule has 0 saturated heterocycles. The minimum Gasteiger partial charge on any atom is -0.469 e. The molecule has 39 heavy (non-hydrogen) atoms. The highest BCUT2D eigenvalue weighted by molar-refractivity contribution is 5.85. The van der Waals surface area contributed by atoms with E-state index in [1.54, 1.807) is 45.0 Å². The number of H-pyrrole nitrogens is 1. The Balaban J connectivity index is 2.14. The molecule has 0 unspecified atom stereocenters. The fraction of sp³-hybridized carbons (Fsp3) is 0.321. The normalized spacial score (nSPS) is 11.7. The number of aromatic amines is 1. The number of aromatic nitrogens is 2. The van der Waals surface area contributed by atoms with Gasteiger partial charge in [0.1, 0.15) is 5.60 Å². The Bertz CT molecular complexity index is 1360. The first-order chi connectivity index (χ1) is 18.5. The van der Waals surface area contributed by atoms with Crippen molar-refractivity contribution in [2.24, 2.45) is 0 Å². The fourth-order valence-corrected chi connectivity index (χ4v) is 3.89. The van der Waals surface area contributed by atoms with Crippen molar-refractivity contribution in [2.45, 2.75) is 45.3 Å². The molecule has 1 atom stereocenters. The predicted octanol–water partition coefficient (Wildman–Crippen LogP) is 4.14. The van der Waals surface area contributed by atoms with Crippen LogP contribution < -0.4 is 16.2 Å². The first-order valence-corrected chi connectivity index (χ1v) is 12.2. The minimum atomic E-state index is -0.766. The number of methoxy groups -OCH3 is 2. The highest BCUT2D eigenvalue weighted by Crippen LogP contribution is 2.29. The van der Waals surface area contributed by atoms with Crippen molar-refractivity contribution >= 4 is 23.8 Å². The van der Waals surface area contributed by atoms with Crippen LogP contribution in [0.4, 0.5) is 15.3 Å². The van der Waals surface area contributed by atoms with Crippen molar-refractivity contribution in [3.63, 3.8) is 0 Å². The largest absolute Gasteiger partial charge is 0.469 e. The van der Waals surface area contributed by atoms with Gasteiger partial charge in [0.25, 0.3) is 5.56 Å². The predicted molar refractivity (Wildman–Crippen MR) is 144 cm³/mol. The Morgan fingerprint density at radius 3 is 2.21 bits per heavy atom. The van der Waals surface area contributed by atoms with E-state index >= 15 is 0 Å². The number of hydrogen-bond acceptors (Lipinski definition) is 8. The molecule has 0 fully saturated rings. The third-order valence-corrected chi connectivity index (χ3v) is 5.57. The minimum absolute atomic E-state index is 0.180. The van der Waals surface area contributed by atoms with Crippen LogP contribution >= 0.6 is 0 Å². The monoisotopic (exact) mass is 536 g/mol. The van der Waals surface area contributed by atoms with Gasteiger partial charge in [-0.3, -0.25) is 14.9 Å². The molecule has 2 aromatic carbocycles. The Kier molecular flexibility index (Phi) is 9.43. The van der Waals surface area contributed by atoms with Crippen molar-refractivity contribution in [3.8, 4) is 11.1 Å². The number of nitrogens with zero attached hydrogens (tertiary/aromatic N) is 1. The van der Waals surface area contributed by atoms with Crippen molar-refractivity contribution in [3.05, 3.63) is 81.8 Å². The van der Waals surface area contributed by atoms with Crippen molar-refractivity contribution < 1.29 is 28.6 Å². The lowest BCUT2D eigenvalue weighted by molar-refractivity contribution is -0.139. The number of esters is 1. The van der Waals surface area contributed by atoms with Crippen LogP contribution in [-0.2, 0) is 31.8 Å². The second-order valence-electron chi connectivity index (χ2n) is 9.63. The van der Waals surface area contributed by atoms with Crippen LogP contribution in [0.15, 0.2) is 59.4 Å². The zero-order chi connectivity index (χ0) is 28.6. The number of ether oxygens (including phenoxy) is 3. The van der Waals surface area contributed by atoms with Crippen molar-refractivity contribution in [1.82, 2.24) is 15.5 Å². The molecule has 0 bridgehead atoms. The molecule has 1 aromatic heterocycles. The molecule has 3 aromatic rings. The Morgan fingerprint density at radius 1 is 0.949 bits per heavy atom. The maximum absolute atomic E-state index is 13.1. The molecule has 0 spiro atoms. The van der Waals surface area contributed by atoms with Gasteiger partial charge in [-0.05, 0) is 50.5 Å². The molecule has 0 radical (unpaired) electrons. The summed E-state index contributed by atoms with van der Waals surface area (Å²) in [5.41, 5.74) is 1.25. The molecule has 0 saturated carbocycles. The maximum atomic E-state index is 13.1. The number of alkyl carbamates (subject to hydrolysis) is 1. The summed E-state index contributed by atoms with van der Waals surface area (Å²) in [6.45, 7) is 5.24. The topological polar surface area (TPSA) is 149 Å². The van der Waals surface area contributed by atoms with Gasteiger partial charge in [0.2, 0.25) is 0 Å². The van der Waals surface area contributed by atoms with Crippen molar-refractivity contribution in [2.75, 3.05) is 19.5 Å². The van der Waals surface area contributed by atoms with Crippen molar-refractivity contribution in [1.29, 1.82) is 0 Å². The molecule has 1 heterocycles. The number of anilines is 1. The van der Waals surface area contributed by atoms with Crippen LogP contribution in [0, 0.1) is 0 Å². The van der Waals surface area contributed by atoms with Crippen LogP contribution in [0.2, 0.25) is 0 Å². The number of nitrogens with one attached hydrogen (secondary N) is 3. The zero-order valence-electron chi connectivity index (χ0n) is 22.5. The highest BCUT2D eigenvalue weighted by atomic mass is 16.6. The van der Waals surface area contributed by atoms with Gasteiger partial charge in [-0.15, -0.1) is 0 Å². The lowest BCUT2D eigenvalue weighted by Crippen LogP contribution is -2.37. The average molecular weight is 537 g/mol. The van der Waals surface area contributed by atoms with Crippen LogP contribution in [-0.4, -0.2) is 48.2 Å². The quantitative estimate of drug-likeness (QED) is 0.287. The van der Waals surface area contributed by atoms with E-state index in [1.807, 2.05) is 30.3 Å². The summed E-state index contributed by atoms with van der Waals surface area (Å²) in [5, 5.41) is 12.2. The summed E-state index contributed by atoms with van der Waals surface area (Å²) < 4.78 is 15.0. The van der Waals surface area contributed by atoms with Gasteiger partial charge in [0, 0.05) is 11.3 Å². The summed E-state index contributed by atoms with van der Waals surface area (Å²) in [4.78, 5) is 50.0. The Morgan fingerprint density at radius 2 is 1.62 bits per heavy atom. The van der Waals surface area contributed by atoms with E-state index in [1.165, 1.54) is 14.2 Å². The van der Waals surface area contributed by atoms with E-state index in [0.717, 1.165) is 5.56 Å². The smallest absolute Gasteiger partial charge is 0.411 e. The molecule has 2 amide bonds. The molecule has 3 rings (SSSR count). The molecule has 0 aliphatic heterocycles. The third-order valence-electron chi connectivity index (χ3n) is 5.57. The first kappa shape index (κ1) is 28.9. The highest BCUT2D eigenvalue weighted by Gasteiger charge is 2.28. The van der Waals surface area contributed by atoms with E-state index < -0.39 is 35.4 Å². The lowest BCUT2D eigenvalue weighted by Gasteiger charge is -2.25. The summed E-state index contributed by atoms with van der Waals surface area (Å²) in [6.07, 6.45) is -1.30. The zero-order valence-corrected chi connectivity index (χ0v) is 22.5. The maximum Gasteiger partial charge on any atom is 0.411 e. The van der Waals surface area contributed by atoms with E-state index in [-0.39, 0.29) is 23.2 Å². The molecule has 0 aliphatic rings. The first-order valence-electron chi connectivity index (χ1n) is 12.2. The molecule has 0 aliphatic carbocycles. The van der Waals surface area contributed by atoms with Crippen LogP contribution in [0.25, 0.3) is 11.1 Å². The number of hydrogen-bond donors (Lipinski definition) is 3. The number of amides is 2. The molecular formula is C28H32N4O7. The second-order valence-corrected chi connectivity index (χ2v) is 9.63. The number of benzene rings is 2. The van der Waals surface area contributed by atoms with Crippen LogP contribution in [0.1, 0.15) is 43.6 Å². The Hall–Kier alpha value is -4.67. The number of rotatable bonds is 8. The van der Waals surface area contributed by atoms with E-state index in [0.29, 0.717) is 17.7 Å². The third kappa shape index (κ3) is 8.16. The van der Waals surface area contributed by atoms with E-state index in [4.69, 9.17) is 9.47 Å². The molecule has 206 valence electrons. The van der Waals surface area contributed by atoms with Gasteiger partial charge in [0.05, 0.1) is 37.9 Å². The summed E-state index contributed by atoms with van der Waals surface area (Å²) in [7, 11) is 2.49. The van der Waals surface area contributed by atoms with Crippen LogP contribution in [0.3, 0.4) is 0 Å².